The second-order valence-electron chi connectivity index (χ2n) is 7.42. The fourth-order valence-corrected chi connectivity index (χ4v) is 4.63. The predicted molar refractivity (Wildman–Crippen MR) is 121 cm³/mol. The number of carbonyl (C=O) groups excluding carboxylic acids is 1. The van der Waals surface area contributed by atoms with Gasteiger partial charge in [0.25, 0.3) is 0 Å². The van der Waals surface area contributed by atoms with Crippen LogP contribution in [0.1, 0.15) is 19.8 Å². The van der Waals surface area contributed by atoms with Gasteiger partial charge >= 0.3 is 0 Å². The van der Waals surface area contributed by atoms with Gasteiger partial charge in [-0.05, 0) is 50.1 Å². The molecule has 1 amide bonds. The van der Waals surface area contributed by atoms with E-state index in [1.807, 2.05) is 37.3 Å². The van der Waals surface area contributed by atoms with E-state index in [4.69, 9.17) is 4.74 Å². The first kappa shape index (κ1) is 20.3. The summed E-state index contributed by atoms with van der Waals surface area (Å²) in [4.78, 5) is 23.4. The van der Waals surface area contributed by atoms with Crippen LogP contribution in [0.2, 0.25) is 0 Å². The Kier molecular flexibility index (Phi) is 5.63. The Bertz CT molecular complexity index is 1200. The van der Waals surface area contributed by atoms with Crippen molar-refractivity contribution in [1.82, 2.24) is 29.9 Å². The van der Waals surface area contributed by atoms with Crippen LogP contribution in [-0.2, 0) is 4.79 Å². The monoisotopic (exact) mass is 450 g/mol. The molecule has 11 heteroatoms. The largest absolute Gasteiger partial charge is 0.494 e. The number of rotatable bonds is 6. The van der Waals surface area contributed by atoms with E-state index in [9.17, 15) is 4.79 Å². The summed E-state index contributed by atoms with van der Waals surface area (Å²) in [5.41, 5.74) is 0.858. The van der Waals surface area contributed by atoms with E-state index in [1.165, 1.54) is 17.7 Å². The van der Waals surface area contributed by atoms with E-state index in [2.05, 4.69) is 35.5 Å². The van der Waals surface area contributed by atoms with E-state index in [-0.39, 0.29) is 11.8 Å². The second kappa shape index (κ2) is 8.87. The van der Waals surface area contributed by atoms with Crippen LogP contribution in [0.5, 0.6) is 5.75 Å². The Balaban J connectivity index is 1.18. The first-order valence-corrected chi connectivity index (χ1v) is 11.3. The third-order valence-corrected chi connectivity index (χ3v) is 6.31. The molecule has 1 fully saturated rings. The molecule has 0 spiro atoms. The van der Waals surface area contributed by atoms with Crippen LogP contribution in [0.25, 0.3) is 16.0 Å². The van der Waals surface area contributed by atoms with Crippen LogP contribution in [0.15, 0.2) is 43.0 Å². The number of aromatic nitrogens is 6. The minimum Gasteiger partial charge on any atom is -0.494 e. The van der Waals surface area contributed by atoms with Gasteiger partial charge in [-0.15, -0.1) is 10.2 Å². The molecule has 1 saturated heterocycles. The Morgan fingerprint density at radius 2 is 2.00 bits per heavy atom. The average molecular weight is 451 g/mol. The molecule has 1 aliphatic rings. The molecule has 0 saturated carbocycles. The molecule has 5 rings (SSSR count). The van der Waals surface area contributed by atoms with Crippen molar-refractivity contribution in [1.29, 1.82) is 0 Å². The maximum atomic E-state index is 12.8. The standard InChI is InChI=1S/C21H22N8O2S/c1-2-31-15-3-4-16-17(11-15)32-21(24-16)25-20(30)14-7-9-28(10-8-14)18-5-6-19(27-26-18)29-13-22-12-23-29/h3-6,11-14H,2,7-10H2,1H3,(H,24,25,30). The van der Waals surface area contributed by atoms with E-state index >= 15 is 0 Å². The Hall–Kier alpha value is -3.60. The number of thiazole rings is 1. The molecule has 164 valence electrons. The van der Waals surface area contributed by atoms with Crippen LogP contribution in [-0.4, -0.2) is 55.5 Å². The molecule has 0 unspecified atom stereocenters. The predicted octanol–water partition coefficient (Wildman–Crippen LogP) is 2.92. The molecule has 10 nitrogen and oxygen atoms in total. The molecular formula is C21H22N8O2S. The Morgan fingerprint density at radius 1 is 1.19 bits per heavy atom. The van der Waals surface area contributed by atoms with Gasteiger partial charge in [0.1, 0.15) is 18.4 Å². The fraction of sp³-hybridized carbons (Fsp3) is 0.333. The van der Waals surface area contributed by atoms with Crippen LogP contribution >= 0.6 is 11.3 Å². The average Bonchev–Trinajstić information content (AvgIpc) is 3.49. The normalized spacial score (nSPS) is 14.6. The summed E-state index contributed by atoms with van der Waals surface area (Å²) in [6, 6.07) is 9.55. The number of piperidine rings is 1. The van der Waals surface area contributed by atoms with Gasteiger partial charge in [0, 0.05) is 19.0 Å². The molecule has 0 bridgehead atoms. The highest BCUT2D eigenvalue weighted by molar-refractivity contribution is 7.22. The summed E-state index contributed by atoms with van der Waals surface area (Å²) >= 11 is 1.46. The van der Waals surface area contributed by atoms with Crippen LogP contribution in [0.4, 0.5) is 10.9 Å². The third-order valence-electron chi connectivity index (χ3n) is 5.38. The number of fused-ring (bicyclic) bond motifs is 1. The Morgan fingerprint density at radius 3 is 2.72 bits per heavy atom. The molecule has 1 N–H and O–H groups in total. The molecule has 0 aliphatic carbocycles. The lowest BCUT2D eigenvalue weighted by Gasteiger charge is -2.31. The summed E-state index contributed by atoms with van der Waals surface area (Å²) in [7, 11) is 0. The first-order chi connectivity index (χ1) is 15.7. The number of carbonyl (C=O) groups is 1. The Labute approximate surface area is 188 Å². The van der Waals surface area contributed by atoms with Gasteiger partial charge < -0.3 is 15.0 Å². The van der Waals surface area contributed by atoms with Crippen molar-refractivity contribution in [2.45, 2.75) is 19.8 Å². The summed E-state index contributed by atoms with van der Waals surface area (Å²) in [5.74, 6) is 2.18. The lowest BCUT2D eigenvalue weighted by molar-refractivity contribution is -0.120. The van der Waals surface area contributed by atoms with Crippen molar-refractivity contribution in [2.24, 2.45) is 5.92 Å². The van der Waals surface area contributed by atoms with Gasteiger partial charge in [0.2, 0.25) is 5.91 Å². The van der Waals surface area contributed by atoms with Crippen molar-refractivity contribution in [2.75, 3.05) is 29.9 Å². The maximum absolute atomic E-state index is 12.8. The van der Waals surface area contributed by atoms with Crippen LogP contribution < -0.4 is 15.0 Å². The number of benzene rings is 1. The highest BCUT2D eigenvalue weighted by Gasteiger charge is 2.26. The number of nitrogens with one attached hydrogen (secondary N) is 1. The van der Waals surface area contributed by atoms with E-state index < -0.39 is 0 Å². The molecule has 32 heavy (non-hydrogen) atoms. The first-order valence-electron chi connectivity index (χ1n) is 10.5. The minimum atomic E-state index is -0.0559. The summed E-state index contributed by atoms with van der Waals surface area (Å²) < 4.78 is 8.10. The zero-order chi connectivity index (χ0) is 21.9. The van der Waals surface area contributed by atoms with Crippen LogP contribution in [0, 0.1) is 5.92 Å². The van der Waals surface area contributed by atoms with Crippen molar-refractivity contribution in [3.8, 4) is 11.6 Å². The maximum Gasteiger partial charge on any atom is 0.229 e. The van der Waals surface area contributed by atoms with Gasteiger partial charge in [0.15, 0.2) is 16.8 Å². The number of ether oxygens (including phenoxy) is 1. The number of hydrogen-bond acceptors (Lipinski definition) is 9. The van der Waals surface area contributed by atoms with Crippen molar-refractivity contribution in [3.63, 3.8) is 0 Å². The molecule has 4 aromatic rings. The molecule has 0 radical (unpaired) electrons. The van der Waals surface area contributed by atoms with E-state index in [1.54, 1.807) is 11.0 Å². The number of nitrogens with zero attached hydrogens (tertiary/aromatic N) is 7. The van der Waals surface area contributed by atoms with Crippen LogP contribution in [0.3, 0.4) is 0 Å². The number of hydrogen-bond donors (Lipinski definition) is 1. The topological polar surface area (TPSA) is 111 Å². The molecule has 1 aromatic carbocycles. The highest BCUT2D eigenvalue weighted by atomic mass is 32.1. The smallest absolute Gasteiger partial charge is 0.229 e. The molecule has 3 aromatic heterocycles. The van der Waals surface area contributed by atoms with E-state index in [0.717, 1.165) is 47.7 Å². The zero-order valence-electron chi connectivity index (χ0n) is 17.5. The summed E-state index contributed by atoms with van der Waals surface area (Å²) in [6.45, 7) is 4.05. The summed E-state index contributed by atoms with van der Waals surface area (Å²) in [5, 5.41) is 16.2. The highest BCUT2D eigenvalue weighted by Crippen LogP contribution is 2.30. The van der Waals surface area contributed by atoms with Gasteiger partial charge in [-0.25, -0.2) is 14.6 Å². The van der Waals surface area contributed by atoms with Crippen molar-refractivity contribution < 1.29 is 9.53 Å². The van der Waals surface area contributed by atoms with Gasteiger partial charge in [-0.1, -0.05) is 11.3 Å². The van der Waals surface area contributed by atoms with Crippen molar-refractivity contribution >= 4 is 38.4 Å². The lowest BCUT2D eigenvalue weighted by Crippen LogP contribution is -2.38. The fourth-order valence-electron chi connectivity index (χ4n) is 3.73. The zero-order valence-corrected chi connectivity index (χ0v) is 18.3. The van der Waals surface area contributed by atoms with Gasteiger partial charge in [-0.3, -0.25) is 4.79 Å². The molecular weight excluding hydrogens is 428 g/mol. The molecule has 0 atom stereocenters. The van der Waals surface area contributed by atoms with Gasteiger partial charge in [-0.2, -0.15) is 5.10 Å². The lowest BCUT2D eigenvalue weighted by atomic mass is 9.96. The number of amides is 1. The SMILES string of the molecule is CCOc1ccc2nc(NC(=O)C3CCN(c4ccc(-n5cncn5)nn4)CC3)sc2c1. The third kappa shape index (κ3) is 4.24. The van der Waals surface area contributed by atoms with E-state index in [0.29, 0.717) is 17.6 Å². The quantitative estimate of drug-likeness (QED) is 0.477. The molecule has 1 aliphatic heterocycles. The minimum absolute atomic E-state index is 0.0151. The van der Waals surface area contributed by atoms with Gasteiger partial charge in [0.05, 0.1) is 16.8 Å². The van der Waals surface area contributed by atoms with Crippen molar-refractivity contribution in [3.05, 3.63) is 43.0 Å². The summed E-state index contributed by atoms with van der Waals surface area (Å²) in [6.07, 6.45) is 4.53. The second-order valence-corrected chi connectivity index (χ2v) is 8.45. The number of anilines is 2. The molecule has 4 heterocycles.